The Morgan fingerprint density at radius 1 is 1.11 bits per heavy atom. The van der Waals surface area contributed by atoms with Crippen molar-refractivity contribution in [3.8, 4) is 11.5 Å². The summed E-state index contributed by atoms with van der Waals surface area (Å²) in [6.07, 6.45) is 3.29. The summed E-state index contributed by atoms with van der Waals surface area (Å²) in [6, 6.07) is 14.1. The van der Waals surface area contributed by atoms with Crippen molar-refractivity contribution in [1.29, 1.82) is 0 Å². The molecule has 0 saturated carbocycles. The molecule has 27 heavy (non-hydrogen) atoms. The summed E-state index contributed by atoms with van der Waals surface area (Å²) >= 11 is 8.60. The number of ether oxygens (including phenoxy) is 1. The molecule has 0 spiro atoms. The summed E-state index contributed by atoms with van der Waals surface area (Å²) in [4.78, 5) is 20.6. The molecule has 0 aliphatic rings. The molecule has 0 saturated heterocycles. The van der Waals surface area contributed by atoms with Crippen LogP contribution in [0.2, 0.25) is 0 Å². The molecule has 6 nitrogen and oxygen atoms in total. The molecule has 3 aromatic rings. The summed E-state index contributed by atoms with van der Waals surface area (Å²) in [5.41, 5.74) is 1.28. The second-order valence-electron chi connectivity index (χ2n) is 5.46. The zero-order valence-corrected chi connectivity index (χ0v) is 16.7. The third kappa shape index (κ3) is 5.08. The molecular weight excluding hydrogens is 428 g/mol. The van der Waals surface area contributed by atoms with Crippen LogP contribution in [-0.4, -0.2) is 21.0 Å². The van der Waals surface area contributed by atoms with Crippen LogP contribution in [0.5, 0.6) is 11.5 Å². The highest BCUT2D eigenvalue weighted by Crippen LogP contribution is 2.31. The summed E-state index contributed by atoms with van der Waals surface area (Å²) in [7, 11) is 0. The average molecular weight is 443 g/mol. The number of hydrogen-bond acceptors (Lipinski definition) is 5. The lowest BCUT2D eigenvalue weighted by Gasteiger charge is -2.12. The molecule has 1 amide bonds. The van der Waals surface area contributed by atoms with E-state index in [-0.39, 0.29) is 11.0 Å². The van der Waals surface area contributed by atoms with Crippen LogP contribution in [0, 0.1) is 6.92 Å². The van der Waals surface area contributed by atoms with Crippen molar-refractivity contribution in [2.75, 3.05) is 5.32 Å². The van der Waals surface area contributed by atoms with E-state index in [1.807, 2.05) is 19.1 Å². The van der Waals surface area contributed by atoms with Crippen molar-refractivity contribution >= 4 is 45.0 Å². The molecule has 136 valence electrons. The van der Waals surface area contributed by atoms with Crippen LogP contribution >= 0.6 is 28.1 Å². The highest BCUT2D eigenvalue weighted by Gasteiger charge is 2.11. The third-order valence-electron chi connectivity index (χ3n) is 3.50. The second-order valence-corrected chi connectivity index (χ2v) is 6.73. The Kier molecular flexibility index (Phi) is 6.10. The van der Waals surface area contributed by atoms with Crippen molar-refractivity contribution in [3.63, 3.8) is 0 Å². The van der Waals surface area contributed by atoms with Crippen LogP contribution in [0.15, 0.2) is 65.4 Å². The SMILES string of the molecule is Cc1ncccc1Oc1cc(NC(=S)NC(=O)c2ccccc2)ncc1Br. The Bertz CT molecular complexity index is 982. The number of benzene rings is 1. The number of nitrogens with one attached hydrogen (secondary N) is 2. The van der Waals surface area contributed by atoms with Crippen molar-refractivity contribution in [1.82, 2.24) is 15.3 Å². The number of nitrogens with zero attached hydrogens (tertiary/aromatic N) is 2. The fourth-order valence-electron chi connectivity index (χ4n) is 2.17. The molecule has 0 bridgehead atoms. The van der Waals surface area contributed by atoms with Gasteiger partial charge in [-0.05, 0) is 59.3 Å². The average Bonchev–Trinajstić information content (AvgIpc) is 2.67. The molecule has 2 heterocycles. The number of hydrogen-bond donors (Lipinski definition) is 2. The molecule has 0 unspecified atom stereocenters. The molecule has 2 N–H and O–H groups in total. The normalized spacial score (nSPS) is 10.1. The smallest absolute Gasteiger partial charge is 0.257 e. The van der Waals surface area contributed by atoms with Gasteiger partial charge in [-0.25, -0.2) is 4.98 Å². The molecule has 3 rings (SSSR count). The second kappa shape index (κ2) is 8.70. The fourth-order valence-corrected chi connectivity index (χ4v) is 2.67. The van der Waals surface area contributed by atoms with Gasteiger partial charge in [-0.3, -0.25) is 15.1 Å². The van der Waals surface area contributed by atoms with Gasteiger partial charge in [0, 0.05) is 24.0 Å². The first-order valence-electron chi connectivity index (χ1n) is 7.95. The van der Waals surface area contributed by atoms with Crippen molar-refractivity contribution in [3.05, 3.63) is 76.7 Å². The van der Waals surface area contributed by atoms with E-state index in [2.05, 4.69) is 36.5 Å². The summed E-state index contributed by atoms with van der Waals surface area (Å²) in [5.74, 6) is 1.32. The largest absolute Gasteiger partial charge is 0.454 e. The number of anilines is 1. The number of halogens is 1. The van der Waals surface area contributed by atoms with Gasteiger partial charge in [0.15, 0.2) is 5.11 Å². The minimum absolute atomic E-state index is 0.141. The van der Waals surface area contributed by atoms with Crippen molar-refractivity contribution < 1.29 is 9.53 Å². The topological polar surface area (TPSA) is 76.1 Å². The van der Waals surface area contributed by atoms with Gasteiger partial charge in [-0.15, -0.1) is 0 Å². The zero-order valence-electron chi connectivity index (χ0n) is 14.3. The Hall–Kier alpha value is -2.84. The van der Waals surface area contributed by atoms with Gasteiger partial charge >= 0.3 is 0 Å². The van der Waals surface area contributed by atoms with Gasteiger partial charge in [0.25, 0.3) is 5.91 Å². The zero-order chi connectivity index (χ0) is 19.2. The van der Waals surface area contributed by atoms with Gasteiger partial charge in [-0.1, -0.05) is 18.2 Å². The maximum Gasteiger partial charge on any atom is 0.257 e. The van der Waals surface area contributed by atoms with Crippen LogP contribution in [0.3, 0.4) is 0 Å². The highest BCUT2D eigenvalue weighted by atomic mass is 79.9. The van der Waals surface area contributed by atoms with Crippen LogP contribution in [-0.2, 0) is 0 Å². The monoisotopic (exact) mass is 442 g/mol. The van der Waals surface area contributed by atoms with Gasteiger partial charge < -0.3 is 10.1 Å². The van der Waals surface area contributed by atoms with E-state index >= 15 is 0 Å². The maximum absolute atomic E-state index is 12.1. The molecule has 1 aromatic carbocycles. The van der Waals surface area contributed by atoms with Gasteiger partial charge in [0.1, 0.15) is 17.3 Å². The fraction of sp³-hybridized carbons (Fsp3) is 0.0526. The highest BCUT2D eigenvalue weighted by molar-refractivity contribution is 9.10. The first-order chi connectivity index (χ1) is 13.0. The molecular formula is C19H15BrN4O2S. The van der Waals surface area contributed by atoms with Crippen LogP contribution in [0.4, 0.5) is 5.82 Å². The van der Waals surface area contributed by atoms with Gasteiger partial charge in [-0.2, -0.15) is 0 Å². The van der Waals surface area contributed by atoms with Crippen molar-refractivity contribution in [2.24, 2.45) is 0 Å². The quantitative estimate of drug-likeness (QED) is 0.580. The van der Waals surface area contributed by atoms with Crippen LogP contribution in [0.1, 0.15) is 16.1 Å². The number of aromatic nitrogens is 2. The Morgan fingerprint density at radius 3 is 2.63 bits per heavy atom. The number of carbonyl (C=O) groups excluding carboxylic acids is 1. The Labute approximate surface area is 170 Å². The van der Waals surface area contributed by atoms with E-state index < -0.39 is 0 Å². The summed E-state index contributed by atoms with van der Waals surface area (Å²) < 4.78 is 6.57. The predicted octanol–water partition coefficient (Wildman–Crippen LogP) is 4.47. The number of rotatable bonds is 4. The lowest BCUT2D eigenvalue weighted by Crippen LogP contribution is -2.34. The summed E-state index contributed by atoms with van der Waals surface area (Å²) in [5, 5.41) is 5.64. The summed E-state index contributed by atoms with van der Waals surface area (Å²) in [6.45, 7) is 1.86. The van der Waals surface area contributed by atoms with E-state index in [0.717, 1.165) is 5.69 Å². The van der Waals surface area contributed by atoms with E-state index in [1.54, 1.807) is 48.8 Å². The molecule has 8 heteroatoms. The lowest BCUT2D eigenvalue weighted by molar-refractivity contribution is 0.0977. The minimum Gasteiger partial charge on any atom is -0.454 e. The number of amides is 1. The standard InChI is InChI=1S/C19H15BrN4O2S/c1-12-15(8-5-9-21-12)26-16-10-17(22-11-14(16)20)23-19(27)24-18(25)13-6-3-2-4-7-13/h2-11H,1H3,(H2,22,23,24,25,27). The van der Waals surface area contributed by atoms with E-state index in [0.29, 0.717) is 27.4 Å². The lowest BCUT2D eigenvalue weighted by atomic mass is 10.2. The molecule has 0 radical (unpaired) electrons. The first kappa shape index (κ1) is 18.9. The van der Waals surface area contributed by atoms with Gasteiger partial charge in [0.2, 0.25) is 0 Å². The first-order valence-corrected chi connectivity index (χ1v) is 9.15. The third-order valence-corrected chi connectivity index (χ3v) is 4.30. The van der Waals surface area contributed by atoms with E-state index in [4.69, 9.17) is 17.0 Å². The molecule has 0 aliphatic carbocycles. The minimum atomic E-state index is -0.298. The predicted molar refractivity (Wildman–Crippen MR) is 111 cm³/mol. The number of thiocarbonyl (C=S) groups is 1. The Balaban J connectivity index is 1.69. The van der Waals surface area contributed by atoms with E-state index in [9.17, 15) is 4.79 Å². The van der Waals surface area contributed by atoms with Crippen LogP contribution < -0.4 is 15.4 Å². The molecule has 0 aliphatic heterocycles. The number of carbonyl (C=O) groups is 1. The molecule has 2 aromatic heterocycles. The van der Waals surface area contributed by atoms with E-state index in [1.165, 1.54) is 0 Å². The van der Waals surface area contributed by atoms with Gasteiger partial charge in [0.05, 0.1) is 10.2 Å². The molecule has 0 fully saturated rings. The molecule has 0 atom stereocenters. The maximum atomic E-state index is 12.1. The van der Waals surface area contributed by atoms with Crippen molar-refractivity contribution in [2.45, 2.75) is 6.92 Å². The number of aryl methyl sites for hydroxylation is 1. The Morgan fingerprint density at radius 2 is 1.89 bits per heavy atom. The number of pyridine rings is 2. The van der Waals surface area contributed by atoms with Crippen LogP contribution in [0.25, 0.3) is 0 Å².